The Balaban J connectivity index is 2.89. The van der Waals surface area contributed by atoms with Gasteiger partial charge in [-0.15, -0.1) is 0 Å². The van der Waals surface area contributed by atoms with Crippen LogP contribution in [0.5, 0.6) is 0 Å². The van der Waals surface area contributed by atoms with Gasteiger partial charge in [0.25, 0.3) is 0 Å². The number of hydrogen-bond donors (Lipinski definition) is 1. The molecule has 94 valence electrons. The van der Waals surface area contributed by atoms with Gasteiger partial charge in [0.2, 0.25) is 0 Å². The molecule has 0 aliphatic heterocycles. The molecule has 1 aromatic rings. The predicted octanol–water partition coefficient (Wildman–Crippen LogP) is 1.65. The summed E-state index contributed by atoms with van der Waals surface area (Å²) in [6.45, 7) is 1.30. The van der Waals surface area contributed by atoms with Crippen molar-refractivity contribution in [2.75, 3.05) is 37.9 Å². The number of anilines is 2. The Morgan fingerprint density at radius 2 is 2.24 bits per heavy atom. The number of hydrogen-bond acceptors (Lipinski definition) is 5. The van der Waals surface area contributed by atoms with Crippen LogP contribution in [0.15, 0.2) is 18.2 Å². The van der Waals surface area contributed by atoms with E-state index in [1.165, 1.54) is 6.07 Å². The second kappa shape index (κ2) is 6.05. The molecule has 17 heavy (non-hydrogen) atoms. The molecule has 0 heterocycles. The number of para-hydroxylation sites is 1. The van der Waals surface area contributed by atoms with E-state index >= 15 is 0 Å². The van der Waals surface area contributed by atoms with Crippen molar-refractivity contribution in [3.05, 3.63) is 28.3 Å². The fraction of sp³-hybridized carbons (Fsp3) is 0.455. The Labute approximate surface area is 100 Å². The lowest BCUT2D eigenvalue weighted by atomic mass is 10.2. The summed E-state index contributed by atoms with van der Waals surface area (Å²) in [6, 6.07) is 4.94. The summed E-state index contributed by atoms with van der Waals surface area (Å²) in [6.07, 6.45) is 0.805. The summed E-state index contributed by atoms with van der Waals surface area (Å²) in [5.74, 6) is 0. The van der Waals surface area contributed by atoms with E-state index in [9.17, 15) is 10.1 Å². The van der Waals surface area contributed by atoms with Crippen LogP contribution >= 0.6 is 0 Å². The molecule has 0 aliphatic carbocycles. The third-order valence-electron chi connectivity index (χ3n) is 2.48. The van der Waals surface area contributed by atoms with Gasteiger partial charge in [-0.25, -0.2) is 0 Å². The zero-order valence-electron chi connectivity index (χ0n) is 10.0. The molecular weight excluding hydrogens is 222 g/mol. The zero-order valence-corrected chi connectivity index (χ0v) is 10.0. The van der Waals surface area contributed by atoms with Crippen LogP contribution in [0.2, 0.25) is 0 Å². The predicted molar refractivity (Wildman–Crippen MR) is 67.3 cm³/mol. The second-order valence-corrected chi connectivity index (χ2v) is 3.74. The van der Waals surface area contributed by atoms with Crippen LogP contribution in [-0.2, 0) is 4.74 Å². The van der Waals surface area contributed by atoms with Crippen LogP contribution in [0.1, 0.15) is 6.42 Å². The molecular formula is C11H17N3O3. The highest BCUT2D eigenvalue weighted by molar-refractivity contribution is 5.75. The maximum Gasteiger partial charge on any atom is 0.315 e. The van der Waals surface area contributed by atoms with Gasteiger partial charge in [-0.3, -0.25) is 10.1 Å². The highest BCUT2D eigenvalue weighted by atomic mass is 16.6. The van der Waals surface area contributed by atoms with Crippen LogP contribution in [-0.4, -0.2) is 32.2 Å². The van der Waals surface area contributed by atoms with Gasteiger partial charge < -0.3 is 15.4 Å². The maximum atomic E-state index is 11.0. The number of rotatable bonds is 6. The smallest absolute Gasteiger partial charge is 0.315 e. The zero-order chi connectivity index (χ0) is 12.8. The van der Waals surface area contributed by atoms with Crippen LogP contribution in [0.3, 0.4) is 0 Å². The molecule has 0 unspecified atom stereocenters. The van der Waals surface area contributed by atoms with E-state index in [0.29, 0.717) is 18.8 Å². The monoisotopic (exact) mass is 239 g/mol. The van der Waals surface area contributed by atoms with Crippen LogP contribution in [0.25, 0.3) is 0 Å². The first kappa shape index (κ1) is 13.2. The molecule has 1 rings (SSSR count). The van der Waals surface area contributed by atoms with Gasteiger partial charge in [-0.2, -0.15) is 0 Å². The van der Waals surface area contributed by atoms with E-state index in [0.717, 1.165) is 6.42 Å². The summed E-state index contributed by atoms with van der Waals surface area (Å²) in [4.78, 5) is 12.3. The lowest BCUT2D eigenvalue weighted by Gasteiger charge is -2.19. The van der Waals surface area contributed by atoms with E-state index in [4.69, 9.17) is 10.5 Å². The second-order valence-electron chi connectivity index (χ2n) is 3.74. The van der Waals surface area contributed by atoms with Crippen LogP contribution in [0.4, 0.5) is 17.1 Å². The first-order valence-electron chi connectivity index (χ1n) is 5.31. The van der Waals surface area contributed by atoms with Gasteiger partial charge in [0.1, 0.15) is 11.4 Å². The average molecular weight is 239 g/mol. The molecule has 0 amide bonds. The number of methoxy groups -OCH3 is 1. The normalized spacial score (nSPS) is 10.2. The highest BCUT2D eigenvalue weighted by Gasteiger charge is 2.20. The summed E-state index contributed by atoms with van der Waals surface area (Å²) >= 11 is 0. The van der Waals surface area contributed by atoms with Gasteiger partial charge in [0.15, 0.2) is 0 Å². The lowest BCUT2D eigenvalue weighted by Crippen LogP contribution is -2.21. The van der Waals surface area contributed by atoms with Crippen molar-refractivity contribution in [2.24, 2.45) is 0 Å². The number of nitro benzene ring substituents is 1. The third kappa shape index (κ3) is 3.32. The SMILES string of the molecule is COCCCN(C)c1cccc(N)c1[N+](=O)[O-]. The van der Waals surface area contributed by atoms with E-state index in [-0.39, 0.29) is 11.4 Å². The Hall–Kier alpha value is -1.82. The van der Waals surface area contributed by atoms with Gasteiger partial charge in [0.05, 0.1) is 4.92 Å². The molecule has 0 saturated heterocycles. The molecule has 0 spiro atoms. The summed E-state index contributed by atoms with van der Waals surface area (Å²) in [7, 11) is 3.43. The standard InChI is InChI=1S/C11H17N3O3/c1-13(7-4-8-17-2)10-6-3-5-9(12)11(10)14(15)16/h3,5-6H,4,7-8,12H2,1-2H3. The minimum atomic E-state index is -0.447. The molecule has 0 bridgehead atoms. The Morgan fingerprint density at radius 3 is 2.82 bits per heavy atom. The molecule has 0 saturated carbocycles. The van der Waals surface area contributed by atoms with E-state index in [1.54, 1.807) is 26.3 Å². The lowest BCUT2D eigenvalue weighted by molar-refractivity contribution is -0.383. The molecule has 0 aliphatic rings. The minimum absolute atomic E-state index is 0.0348. The first-order chi connectivity index (χ1) is 8.07. The molecule has 6 nitrogen and oxygen atoms in total. The summed E-state index contributed by atoms with van der Waals surface area (Å²) in [5, 5.41) is 11.0. The molecule has 0 fully saturated rings. The van der Waals surface area contributed by atoms with E-state index in [1.807, 2.05) is 4.90 Å². The van der Waals surface area contributed by atoms with Crippen molar-refractivity contribution >= 4 is 17.1 Å². The Morgan fingerprint density at radius 1 is 1.53 bits per heavy atom. The average Bonchev–Trinajstić information content (AvgIpc) is 2.28. The first-order valence-corrected chi connectivity index (χ1v) is 5.31. The Kier molecular flexibility index (Phi) is 4.71. The quantitative estimate of drug-likeness (QED) is 0.353. The van der Waals surface area contributed by atoms with Gasteiger partial charge >= 0.3 is 5.69 Å². The minimum Gasteiger partial charge on any atom is -0.393 e. The van der Waals surface area contributed by atoms with Gasteiger partial charge in [-0.1, -0.05) is 6.07 Å². The molecule has 1 aromatic carbocycles. The van der Waals surface area contributed by atoms with Crippen molar-refractivity contribution in [2.45, 2.75) is 6.42 Å². The molecule has 0 atom stereocenters. The number of nitrogens with zero attached hydrogens (tertiary/aromatic N) is 2. The van der Waals surface area contributed by atoms with Crippen molar-refractivity contribution in [1.29, 1.82) is 0 Å². The fourth-order valence-electron chi connectivity index (χ4n) is 1.62. The van der Waals surface area contributed by atoms with Gasteiger partial charge in [-0.05, 0) is 18.6 Å². The van der Waals surface area contributed by atoms with Crippen LogP contribution in [0, 0.1) is 10.1 Å². The topological polar surface area (TPSA) is 81.6 Å². The highest BCUT2D eigenvalue weighted by Crippen LogP contribution is 2.32. The number of nitrogen functional groups attached to an aromatic ring is 1. The summed E-state index contributed by atoms with van der Waals surface area (Å²) < 4.78 is 4.94. The van der Waals surface area contributed by atoms with Crippen molar-refractivity contribution in [1.82, 2.24) is 0 Å². The molecule has 6 heteroatoms. The summed E-state index contributed by atoms with van der Waals surface area (Å²) in [5.41, 5.74) is 6.31. The van der Waals surface area contributed by atoms with Crippen molar-refractivity contribution < 1.29 is 9.66 Å². The Bertz CT molecular complexity index is 396. The van der Waals surface area contributed by atoms with Gasteiger partial charge in [0, 0.05) is 27.3 Å². The van der Waals surface area contributed by atoms with E-state index in [2.05, 4.69) is 0 Å². The van der Waals surface area contributed by atoms with Crippen LogP contribution < -0.4 is 10.6 Å². The largest absolute Gasteiger partial charge is 0.393 e. The number of benzene rings is 1. The van der Waals surface area contributed by atoms with Crippen molar-refractivity contribution in [3.63, 3.8) is 0 Å². The maximum absolute atomic E-state index is 11.0. The van der Waals surface area contributed by atoms with Crippen molar-refractivity contribution in [3.8, 4) is 0 Å². The molecule has 0 aromatic heterocycles. The number of ether oxygens (including phenoxy) is 1. The molecule has 2 N–H and O–H groups in total. The van der Waals surface area contributed by atoms with E-state index < -0.39 is 4.92 Å². The molecule has 0 radical (unpaired) electrons. The number of nitrogens with two attached hydrogens (primary N) is 1. The third-order valence-corrected chi connectivity index (χ3v) is 2.48. The number of nitro groups is 1. The fourth-order valence-corrected chi connectivity index (χ4v) is 1.62.